The molecule has 3 N–H and O–H groups in total. The summed E-state index contributed by atoms with van der Waals surface area (Å²) < 4.78 is 15.0. The Morgan fingerprint density at radius 1 is 1.42 bits per heavy atom. The first-order chi connectivity index (χ1) is 8.70. The molecule has 112 valence electrons. The number of hydrogen-bond donors (Lipinski definition) is 3. The minimum atomic E-state index is -1.08. The maximum absolute atomic E-state index is 12.1. The van der Waals surface area contributed by atoms with E-state index in [1.807, 2.05) is 27.7 Å². The number of nitrogens with one attached hydrogen (secondary N) is 2. The van der Waals surface area contributed by atoms with Gasteiger partial charge in [0.15, 0.2) is 0 Å². The van der Waals surface area contributed by atoms with Gasteiger partial charge in [0.1, 0.15) is 4.75 Å². The molecule has 1 aliphatic rings. The first-order valence-corrected chi connectivity index (χ1v) is 8.02. The molecule has 0 aromatic rings. The summed E-state index contributed by atoms with van der Waals surface area (Å²) in [6.07, 6.45) is 2.85. The highest BCUT2D eigenvalue weighted by molar-refractivity contribution is 7.90. The molecule has 0 aromatic carbocycles. The molecule has 0 aromatic heterocycles. The molecule has 2 unspecified atom stereocenters. The fourth-order valence-electron chi connectivity index (χ4n) is 2.43. The van der Waals surface area contributed by atoms with Crippen molar-refractivity contribution in [2.75, 3.05) is 0 Å². The lowest BCUT2D eigenvalue weighted by atomic mass is 9.82. The van der Waals surface area contributed by atoms with E-state index in [1.54, 1.807) is 0 Å². The van der Waals surface area contributed by atoms with Crippen molar-refractivity contribution in [3.05, 3.63) is 0 Å². The van der Waals surface area contributed by atoms with Crippen LogP contribution >= 0.6 is 0 Å². The van der Waals surface area contributed by atoms with Gasteiger partial charge in [-0.1, -0.05) is 6.42 Å². The molecular weight excluding hydrogens is 264 g/mol. The zero-order valence-electron chi connectivity index (χ0n) is 12.2. The highest BCUT2D eigenvalue weighted by atomic mass is 32.2. The zero-order chi connectivity index (χ0) is 14.6. The third kappa shape index (κ3) is 5.58. The van der Waals surface area contributed by atoms with Gasteiger partial charge < -0.3 is 15.0 Å². The van der Waals surface area contributed by atoms with Crippen LogP contribution in [0.4, 0.5) is 4.79 Å². The van der Waals surface area contributed by atoms with Crippen molar-refractivity contribution in [2.24, 2.45) is 5.92 Å². The Morgan fingerprint density at radius 3 is 2.58 bits per heavy atom. The number of rotatable bonds is 4. The lowest BCUT2D eigenvalue weighted by Gasteiger charge is -2.34. The minimum absolute atomic E-state index is 0.0311. The second-order valence-corrected chi connectivity index (χ2v) is 8.36. The maximum atomic E-state index is 12.1. The standard InChI is InChI=1S/C13H26N2O3S/c1-9(15-19(18)13(2,3)4)10-6-5-7-11(8-10)14-12(16)17/h9-11,14-15H,5-8H2,1-4H3,(H,16,17)/t9?,10-,11+,19?/m0/s1. The van der Waals surface area contributed by atoms with E-state index in [1.165, 1.54) is 0 Å². The van der Waals surface area contributed by atoms with Crippen molar-refractivity contribution in [2.45, 2.75) is 70.2 Å². The molecule has 0 saturated heterocycles. The molecule has 6 heteroatoms. The van der Waals surface area contributed by atoms with Crippen LogP contribution in [0.1, 0.15) is 53.4 Å². The Labute approximate surface area is 118 Å². The number of hydrogen-bond acceptors (Lipinski definition) is 3. The molecule has 1 fully saturated rings. The van der Waals surface area contributed by atoms with E-state index in [4.69, 9.17) is 5.11 Å². The van der Waals surface area contributed by atoms with E-state index >= 15 is 0 Å². The second kappa shape index (κ2) is 6.81. The van der Waals surface area contributed by atoms with Crippen LogP contribution in [0.3, 0.4) is 0 Å². The van der Waals surface area contributed by atoms with Gasteiger partial charge in [-0.05, 0) is 52.9 Å². The van der Waals surface area contributed by atoms with Crippen LogP contribution in [0, 0.1) is 5.92 Å². The van der Waals surface area contributed by atoms with E-state index in [0.29, 0.717) is 5.92 Å². The minimum Gasteiger partial charge on any atom is -0.598 e. The molecule has 0 aliphatic heterocycles. The van der Waals surface area contributed by atoms with Crippen molar-refractivity contribution in [1.29, 1.82) is 0 Å². The van der Waals surface area contributed by atoms with Crippen molar-refractivity contribution in [1.82, 2.24) is 10.0 Å². The van der Waals surface area contributed by atoms with E-state index in [-0.39, 0.29) is 16.8 Å². The third-order valence-electron chi connectivity index (χ3n) is 3.60. The molecule has 19 heavy (non-hydrogen) atoms. The quantitative estimate of drug-likeness (QED) is 0.693. The molecule has 1 amide bonds. The van der Waals surface area contributed by atoms with Crippen LogP contribution < -0.4 is 10.0 Å². The predicted molar refractivity (Wildman–Crippen MR) is 77.4 cm³/mol. The lowest BCUT2D eigenvalue weighted by molar-refractivity contribution is 0.178. The molecule has 0 bridgehead atoms. The largest absolute Gasteiger partial charge is 0.598 e. The van der Waals surface area contributed by atoms with E-state index < -0.39 is 17.5 Å². The Balaban J connectivity index is 2.48. The Morgan fingerprint density at radius 2 is 2.05 bits per heavy atom. The van der Waals surface area contributed by atoms with Gasteiger partial charge in [-0.25, -0.2) is 4.79 Å². The number of amides is 1. The summed E-state index contributed by atoms with van der Waals surface area (Å²) in [6, 6.07) is 0.169. The third-order valence-corrected chi connectivity index (χ3v) is 5.30. The van der Waals surface area contributed by atoms with Crippen molar-refractivity contribution < 1.29 is 14.5 Å². The van der Waals surface area contributed by atoms with Crippen molar-refractivity contribution in [3.8, 4) is 0 Å². The van der Waals surface area contributed by atoms with Crippen LogP contribution in [-0.4, -0.2) is 32.6 Å². The molecule has 4 atom stereocenters. The Hall–Kier alpha value is -0.460. The van der Waals surface area contributed by atoms with Gasteiger partial charge in [0.25, 0.3) is 0 Å². The smallest absolute Gasteiger partial charge is 0.404 e. The van der Waals surface area contributed by atoms with Gasteiger partial charge in [-0.2, -0.15) is 0 Å². The second-order valence-electron chi connectivity index (χ2n) is 6.36. The van der Waals surface area contributed by atoms with Gasteiger partial charge in [-0.3, -0.25) is 0 Å². The van der Waals surface area contributed by atoms with Crippen LogP contribution in [0.15, 0.2) is 0 Å². The summed E-state index contributed by atoms with van der Waals surface area (Å²) in [5.74, 6) is 0.372. The first kappa shape index (κ1) is 16.6. The highest BCUT2D eigenvalue weighted by Crippen LogP contribution is 2.28. The van der Waals surface area contributed by atoms with Gasteiger partial charge in [-0.15, -0.1) is 4.72 Å². The van der Waals surface area contributed by atoms with Gasteiger partial charge in [0, 0.05) is 17.4 Å². The molecule has 1 rings (SSSR count). The fourth-order valence-corrected chi connectivity index (χ4v) is 3.31. The average Bonchev–Trinajstić information content (AvgIpc) is 2.27. The first-order valence-electron chi connectivity index (χ1n) is 6.87. The monoisotopic (exact) mass is 290 g/mol. The highest BCUT2D eigenvalue weighted by Gasteiger charge is 2.33. The van der Waals surface area contributed by atoms with Crippen molar-refractivity contribution >= 4 is 17.5 Å². The maximum Gasteiger partial charge on any atom is 0.404 e. The van der Waals surface area contributed by atoms with E-state index in [2.05, 4.69) is 10.0 Å². The number of carboxylic acid groups (broad SMARTS) is 1. The van der Waals surface area contributed by atoms with Crippen LogP contribution in [0.5, 0.6) is 0 Å². The number of carbonyl (C=O) groups is 1. The lowest BCUT2D eigenvalue weighted by Crippen LogP contribution is -2.48. The molecule has 0 spiro atoms. The summed E-state index contributed by atoms with van der Waals surface area (Å²) in [7, 11) is 0. The Bertz CT molecular complexity index is 307. The molecular formula is C13H26N2O3S. The summed E-state index contributed by atoms with van der Waals surface area (Å²) in [5, 5.41) is 11.3. The molecule has 0 heterocycles. The average molecular weight is 290 g/mol. The summed E-state index contributed by atoms with van der Waals surface area (Å²) >= 11 is -1.08. The summed E-state index contributed by atoms with van der Waals surface area (Å²) in [6.45, 7) is 7.87. The topological polar surface area (TPSA) is 84.4 Å². The molecule has 1 saturated carbocycles. The van der Waals surface area contributed by atoms with Crippen molar-refractivity contribution in [3.63, 3.8) is 0 Å². The fraction of sp³-hybridized carbons (Fsp3) is 0.923. The van der Waals surface area contributed by atoms with Gasteiger partial charge >= 0.3 is 6.09 Å². The van der Waals surface area contributed by atoms with Crippen LogP contribution in [0.2, 0.25) is 0 Å². The summed E-state index contributed by atoms with van der Waals surface area (Å²) in [4.78, 5) is 10.7. The summed E-state index contributed by atoms with van der Waals surface area (Å²) in [5.41, 5.74) is 0. The Kier molecular flexibility index (Phi) is 5.95. The molecule has 1 aliphatic carbocycles. The zero-order valence-corrected chi connectivity index (χ0v) is 13.0. The van der Waals surface area contributed by atoms with Gasteiger partial charge in [0.2, 0.25) is 0 Å². The SMILES string of the molecule is CC(N[S+]([O-])C(C)(C)C)[C@H]1CCC[C@@H](NC(=O)O)C1. The van der Waals surface area contributed by atoms with E-state index in [9.17, 15) is 9.35 Å². The predicted octanol–water partition coefficient (Wildman–Crippen LogP) is 2.25. The molecule has 5 nitrogen and oxygen atoms in total. The van der Waals surface area contributed by atoms with Crippen LogP contribution in [0.25, 0.3) is 0 Å². The van der Waals surface area contributed by atoms with Crippen LogP contribution in [-0.2, 0) is 11.4 Å². The van der Waals surface area contributed by atoms with E-state index in [0.717, 1.165) is 25.7 Å². The normalized spacial score (nSPS) is 27.6. The van der Waals surface area contributed by atoms with Gasteiger partial charge in [0.05, 0.1) is 6.04 Å². The molecule has 0 radical (unpaired) electrons.